The summed E-state index contributed by atoms with van der Waals surface area (Å²) in [5.74, 6) is -2.07. The van der Waals surface area contributed by atoms with Crippen LogP contribution in [0.3, 0.4) is 0 Å². The number of carbonyl (C=O) groups is 2. The molecule has 1 aliphatic heterocycles. The van der Waals surface area contributed by atoms with Crippen LogP contribution in [-0.2, 0) is 11.8 Å². The molecule has 5 rings (SSSR count). The van der Waals surface area contributed by atoms with Gasteiger partial charge in [-0.05, 0) is 43.3 Å². The van der Waals surface area contributed by atoms with E-state index in [2.05, 4.69) is 4.98 Å². The Bertz CT molecular complexity index is 1560. The van der Waals surface area contributed by atoms with Gasteiger partial charge < -0.3 is 19.2 Å². The van der Waals surface area contributed by atoms with Crippen molar-refractivity contribution in [1.82, 2.24) is 14.5 Å². The minimum Gasteiger partial charge on any atom is -0.454 e. The van der Waals surface area contributed by atoms with Crippen molar-refractivity contribution in [3.63, 3.8) is 0 Å². The third kappa shape index (κ3) is 3.54. The highest BCUT2D eigenvalue weighted by atomic mass is 19.1. The molecule has 35 heavy (non-hydrogen) atoms. The number of nitrogens with zero attached hydrogens (tertiary/aromatic N) is 3. The van der Waals surface area contributed by atoms with Gasteiger partial charge in [-0.25, -0.2) is 18.5 Å². The van der Waals surface area contributed by atoms with E-state index in [1.807, 2.05) is 0 Å². The van der Waals surface area contributed by atoms with E-state index in [1.165, 1.54) is 34.7 Å². The molecule has 1 saturated heterocycles. The molecule has 0 spiro atoms. The molecule has 2 aromatic heterocycles. The molecule has 3 heterocycles. The number of aryl methyl sites for hydroxylation is 1. The number of fused-ring (bicyclic) bond motifs is 1. The molecule has 10 heteroatoms. The molecule has 1 aliphatic rings. The summed E-state index contributed by atoms with van der Waals surface area (Å²) in [7, 11) is 3.12. The van der Waals surface area contributed by atoms with Gasteiger partial charge in [0.15, 0.2) is 11.6 Å². The number of amides is 3. The topological polar surface area (TPSA) is 87.6 Å². The molecule has 3 amide bonds. The van der Waals surface area contributed by atoms with Crippen LogP contribution in [0.5, 0.6) is 11.5 Å². The van der Waals surface area contributed by atoms with Crippen molar-refractivity contribution in [2.45, 2.75) is 13.0 Å². The van der Waals surface area contributed by atoms with Gasteiger partial charge in [0.1, 0.15) is 23.1 Å². The van der Waals surface area contributed by atoms with E-state index < -0.39 is 29.6 Å². The molecule has 4 aromatic rings. The number of aromatic nitrogens is 2. The smallest absolute Gasteiger partial charge is 0.331 e. The quantitative estimate of drug-likeness (QED) is 0.441. The number of anilines is 1. The third-order valence-corrected chi connectivity index (χ3v) is 6.17. The van der Waals surface area contributed by atoms with E-state index in [4.69, 9.17) is 4.74 Å². The van der Waals surface area contributed by atoms with E-state index in [0.29, 0.717) is 28.1 Å². The maximum absolute atomic E-state index is 14.4. The zero-order chi connectivity index (χ0) is 25.0. The number of imide groups is 1. The lowest BCUT2D eigenvalue weighted by molar-refractivity contribution is -0.119. The number of likely N-dealkylation sites (N-methyl/N-ethyl adjacent to an activating group) is 1. The van der Waals surface area contributed by atoms with Gasteiger partial charge in [0.2, 0.25) is 0 Å². The number of aromatic amines is 1. The number of benzene rings is 2. The summed E-state index contributed by atoms with van der Waals surface area (Å²) in [6.07, 6.45) is 3.21. The van der Waals surface area contributed by atoms with Crippen LogP contribution in [-0.4, -0.2) is 39.5 Å². The molecule has 0 radical (unpaired) electrons. The fraction of sp³-hybridized carbons (Fsp3) is 0.160. The number of halogens is 2. The van der Waals surface area contributed by atoms with Gasteiger partial charge in [-0.1, -0.05) is 0 Å². The number of H-pyrrole nitrogens is 1. The van der Waals surface area contributed by atoms with Crippen LogP contribution < -0.4 is 15.2 Å². The van der Waals surface area contributed by atoms with Gasteiger partial charge >= 0.3 is 6.03 Å². The maximum atomic E-state index is 14.4. The van der Waals surface area contributed by atoms with Crippen molar-refractivity contribution < 1.29 is 23.1 Å². The number of hydrogen-bond donors (Lipinski definition) is 1. The second-order valence-corrected chi connectivity index (χ2v) is 8.33. The van der Waals surface area contributed by atoms with Crippen molar-refractivity contribution in [3.8, 4) is 22.6 Å². The zero-order valence-corrected chi connectivity index (χ0v) is 19.0. The molecule has 0 saturated carbocycles. The molecular weight excluding hydrogens is 458 g/mol. The summed E-state index contributed by atoms with van der Waals surface area (Å²) < 4.78 is 35.0. The van der Waals surface area contributed by atoms with Gasteiger partial charge in [-0.3, -0.25) is 9.59 Å². The highest BCUT2D eigenvalue weighted by molar-refractivity contribution is 6.21. The first-order valence-electron chi connectivity index (χ1n) is 10.7. The van der Waals surface area contributed by atoms with Crippen molar-refractivity contribution >= 4 is 28.5 Å². The lowest BCUT2D eigenvalue weighted by Crippen LogP contribution is -2.31. The molecule has 2 aromatic carbocycles. The van der Waals surface area contributed by atoms with Gasteiger partial charge in [-0.15, -0.1) is 0 Å². The monoisotopic (exact) mass is 478 g/mol. The number of hydrogen-bond acceptors (Lipinski definition) is 4. The Kier molecular flexibility index (Phi) is 5.16. The normalized spacial score (nSPS) is 16.0. The fourth-order valence-electron chi connectivity index (χ4n) is 4.12. The number of pyridine rings is 1. The third-order valence-electron chi connectivity index (χ3n) is 6.17. The summed E-state index contributed by atoms with van der Waals surface area (Å²) in [6, 6.07) is 8.12. The Morgan fingerprint density at radius 3 is 2.37 bits per heavy atom. The molecular formula is C25H20F2N4O4. The minimum atomic E-state index is -0.896. The number of rotatable bonds is 4. The van der Waals surface area contributed by atoms with E-state index >= 15 is 0 Å². The lowest BCUT2D eigenvalue weighted by atomic mass is 10.0. The van der Waals surface area contributed by atoms with Gasteiger partial charge in [0, 0.05) is 49.1 Å². The van der Waals surface area contributed by atoms with Crippen LogP contribution in [0.25, 0.3) is 22.0 Å². The molecule has 8 nitrogen and oxygen atoms in total. The Balaban J connectivity index is 1.73. The minimum absolute atomic E-state index is 0.181. The summed E-state index contributed by atoms with van der Waals surface area (Å²) in [5.41, 5.74) is 1.32. The highest BCUT2D eigenvalue weighted by Crippen LogP contribution is 2.40. The second kappa shape index (κ2) is 8.08. The van der Waals surface area contributed by atoms with E-state index in [0.717, 1.165) is 11.0 Å². The average molecular weight is 478 g/mol. The van der Waals surface area contributed by atoms with Crippen LogP contribution in [0.2, 0.25) is 0 Å². The summed E-state index contributed by atoms with van der Waals surface area (Å²) in [5, 5.41) is 0.569. The predicted molar refractivity (Wildman–Crippen MR) is 126 cm³/mol. The van der Waals surface area contributed by atoms with Crippen LogP contribution in [0.15, 0.2) is 59.7 Å². The van der Waals surface area contributed by atoms with Crippen LogP contribution in [0.1, 0.15) is 6.92 Å². The number of nitrogens with one attached hydrogen (secondary N) is 1. The Morgan fingerprint density at radius 1 is 0.943 bits per heavy atom. The average Bonchev–Trinajstić information content (AvgIpc) is 3.39. The zero-order valence-electron chi connectivity index (χ0n) is 19.0. The van der Waals surface area contributed by atoms with Crippen LogP contribution >= 0.6 is 0 Å². The van der Waals surface area contributed by atoms with Gasteiger partial charge in [-0.2, -0.15) is 0 Å². The predicted octanol–water partition coefficient (Wildman–Crippen LogP) is 4.39. The van der Waals surface area contributed by atoms with Crippen molar-refractivity contribution in [2.24, 2.45) is 7.05 Å². The molecule has 1 N–H and O–H groups in total. The van der Waals surface area contributed by atoms with Crippen molar-refractivity contribution in [2.75, 3.05) is 11.9 Å². The first kappa shape index (κ1) is 22.3. The first-order chi connectivity index (χ1) is 16.7. The standard InChI is InChI=1S/C25H20F2N4O4/c1-13-23(32)31(25(34)30(13)3)15-5-7-20(35-21-6-4-14(26)10-19(21)27)17(11-15)18-12-29(2)24(33)22-16(18)8-9-28-22/h4-13,28H,1-3H3/t13-/m0/s1. The Labute approximate surface area is 197 Å². The summed E-state index contributed by atoms with van der Waals surface area (Å²) in [6.45, 7) is 1.63. The SMILES string of the molecule is C[C@H]1C(=O)N(c2ccc(Oc3ccc(F)cc3F)c(-c3cn(C)c(=O)c4[nH]ccc34)c2)C(=O)N1C. The van der Waals surface area contributed by atoms with Gasteiger partial charge in [0.25, 0.3) is 11.5 Å². The highest BCUT2D eigenvalue weighted by Gasteiger charge is 2.41. The number of ether oxygens (including phenoxy) is 1. The number of carbonyl (C=O) groups excluding carboxylic acids is 2. The molecule has 178 valence electrons. The second-order valence-electron chi connectivity index (χ2n) is 8.33. The van der Waals surface area contributed by atoms with Crippen molar-refractivity contribution in [3.05, 3.63) is 76.8 Å². The van der Waals surface area contributed by atoms with E-state index in [-0.39, 0.29) is 22.7 Å². The van der Waals surface area contributed by atoms with Crippen molar-refractivity contribution in [1.29, 1.82) is 0 Å². The summed E-state index contributed by atoms with van der Waals surface area (Å²) >= 11 is 0. The molecule has 0 bridgehead atoms. The molecule has 1 atom stereocenters. The lowest BCUT2D eigenvalue weighted by Gasteiger charge is -2.19. The van der Waals surface area contributed by atoms with Gasteiger partial charge in [0.05, 0.1) is 5.69 Å². The first-order valence-corrected chi connectivity index (χ1v) is 10.7. The van der Waals surface area contributed by atoms with Crippen LogP contribution in [0, 0.1) is 11.6 Å². The van der Waals surface area contributed by atoms with Crippen LogP contribution in [0.4, 0.5) is 19.3 Å². The molecule has 0 unspecified atom stereocenters. The summed E-state index contributed by atoms with van der Waals surface area (Å²) in [4.78, 5) is 43.4. The Morgan fingerprint density at radius 2 is 1.69 bits per heavy atom. The molecule has 1 fully saturated rings. The Hall–Kier alpha value is -4.47. The molecule has 0 aliphatic carbocycles. The fourth-order valence-corrected chi connectivity index (χ4v) is 4.12. The largest absolute Gasteiger partial charge is 0.454 e. The van der Waals surface area contributed by atoms with E-state index in [1.54, 1.807) is 38.5 Å². The van der Waals surface area contributed by atoms with E-state index in [9.17, 15) is 23.2 Å². The number of urea groups is 1. The maximum Gasteiger partial charge on any atom is 0.331 e.